The highest BCUT2D eigenvalue weighted by molar-refractivity contribution is 7.80. The first kappa shape index (κ1) is 23.9. The van der Waals surface area contributed by atoms with E-state index in [1.54, 1.807) is 54.6 Å². The maximum Gasteiger partial charge on any atom is 0.269 e. The summed E-state index contributed by atoms with van der Waals surface area (Å²) in [6, 6.07) is 23.9. The van der Waals surface area contributed by atoms with E-state index in [2.05, 4.69) is 10.7 Å². The molecule has 8 nitrogen and oxygen atoms in total. The molecule has 1 fully saturated rings. The molecule has 0 saturated carbocycles. The van der Waals surface area contributed by atoms with Gasteiger partial charge in [-0.3, -0.25) is 24.7 Å². The number of carbonyl (C=O) groups excluding carboxylic acids is 3. The van der Waals surface area contributed by atoms with Crippen molar-refractivity contribution < 1.29 is 19.1 Å². The van der Waals surface area contributed by atoms with Gasteiger partial charge in [-0.15, -0.1) is 0 Å². The van der Waals surface area contributed by atoms with Gasteiger partial charge in [0.05, 0.1) is 20.1 Å². The van der Waals surface area contributed by atoms with Gasteiger partial charge in [-0.25, -0.2) is 5.01 Å². The molecule has 35 heavy (non-hydrogen) atoms. The third-order valence-corrected chi connectivity index (χ3v) is 5.89. The van der Waals surface area contributed by atoms with Crippen LogP contribution in [0.25, 0.3) is 0 Å². The lowest BCUT2D eigenvalue weighted by Gasteiger charge is -2.24. The number of hydrogen-bond acceptors (Lipinski definition) is 5. The Kier molecular flexibility index (Phi) is 7.37. The van der Waals surface area contributed by atoms with Gasteiger partial charge in [0.2, 0.25) is 5.91 Å². The molecule has 1 aliphatic heterocycles. The van der Waals surface area contributed by atoms with E-state index >= 15 is 0 Å². The number of carbonyl (C=O) groups is 3. The number of amides is 3. The van der Waals surface area contributed by atoms with Gasteiger partial charge in [0, 0.05) is 17.3 Å². The Morgan fingerprint density at radius 3 is 2.34 bits per heavy atom. The lowest BCUT2D eigenvalue weighted by atomic mass is 10.1. The second kappa shape index (κ2) is 10.8. The van der Waals surface area contributed by atoms with Gasteiger partial charge in [0.15, 0.2) is 5.11 Å². The summed E-state index contributed by atoms with van der Waals surface area (Å²) >= 11 is 5.57. The van der Waals surface area contributed by atoms with Crippen LogP contribution in [0.4, 0.5) is 5.69 Å². The molecule has 0 spiro atoms. The van der Waals surface area contributed by atoms with Crippen molar-refractivity contribution in [2.75, 3.05) is 12.4 Å². The molecule has 0 unspecified atom stereocenters. The summed E-state index contributed by atoms with van der Waals surface area (Å²) < 4.78 is 5.19. The van der Waals surface area contributed by atoms with Crippen molar-refractivity contribution in [2.45, 2.75) is 19.0 Å². The van der Waals surface area contributed by atoms with Crippen LogP contribution < -0.4 is 15.5 Å². The van der Waals surface area contributed by atoms with E-state index in [0.29, 0.717) is 17.0 Å². The van der Waals surface area contributed by atoms with Gasteiger partial charge in [-0.2, -0.15) is 0 Å². The van der Waals surface area contributed by atoms with Crippen molar-refractivity contribution in [3.05, 3.63) is 96.1 Å². The summed E-state index contributed by atoms with van der Waals surface area (Å²) in [5.74, 6) is -0.611. The Labute approximate surface area is 208 Å². The van der Waals surface area contributed by atoms with Crippen molar-refractivity contribution in [1.82, 2.24) is 15.3 Å². The monoisotopic (exact) mass is 488 g/mol. The lowest BCUT2D eigenvalue weighted by molar-refractivity contribution is -0.131. The Hall–Kier alpha value is -4.24. The van der Waals surface area contributed by atoms with Crippen molar-refractivity contribution in [3.63, 3.8) is 0 Å². The number of hydrogen-bond donors (Lipinski definition) is 2. The number of benzene rings is 3. The van der Waals surface area contributed by atoms with Gasteiger partial charge < -0.3 is 10.1 Å². The van der Waals surface area contributed by atoms with Crippen LogP contribution in [0.15, 0.2) is 84.9 Å². The standard InChI is InChI=1S/C26H24N4O4S/c1-34-21-14-8-13-20(15-21)27-23(31)16-22-25(33)29(17-18-9-4-2-5-10-18)26(35)30(22)28-24(32)19-11-6-3-7-12-19/h2-15,22H,16-17H2,1H3,(H,27,31)(H,28,32)/t22-/m0/s1. The smallest absolute Gasteiger partial charge is 0.269 e. The highest BCUT2D eigenvalue weighted by Gasteiger charge is 2.44. The molecule has 1 aliphatic rings. The summed E-state index contributed by atoms with van der Waals surface area (Å²) in [6.45, 7) is 0.226. The second-order valence-corrected chi connectivity index (χ2v) is 8.23. The molecule has 0 bridgehead atoms. The van der Waals surface area contributed by atoms with Gasteiger partial charge in [0.1, 0.15) is 11.8 Å². The molecular weight excluding hydrogens is 464 g/mol. The van der Waals surface area contributed by atoms with Gasteiger partial charge in [-0.05, 0) is 42.0 Å². The molecule has 3 aromatic carbocycles. The maximum absolute atomic E-state index is 13.4. The van der Waals surface area contributed by atoms with Gasteiger partial charge >= 0.3 is 0 Å². The van der Waals surface area contributed by atoms with Crippen molar-refractivity contribution >= 4 is 40.7 Å². The minimum absolute atomic E-state index is 0.127. The van der Waals surface area contributed by atoms with Crippen LogP contribution >= 0.6 is 12.2 Å². The fourth-order valence-corrected chi connectivity index (χ4v) is 4.04. The Morgan fingerprint density at radius 2 is 1.66 bits per heavy atom. The van der Waals surface area contributed by atoms with Crippen LogP contribution in [-0.2, 0) is 16.1 Å². The van der Waals surface area contributed by atoms with E-state index in [1.807, 2.05) is 30.3 Å². The Morgan fingerprint density at radius 1 is 0.971 bits per heavy atom. The Bertz CT molecular complexity index is 1240. The number of methoxy groups -OCH3 is 1. The molecule has 2 N–H and O–H groups in total. The molecule has 1 saturated heterocycles. The first-order chi connectivity index (χ1) is 17.0. The fraction of sp³-hybridized carbons (Fsp3) is 0.154. The molecule has 1 heterocycles. The molecule has 0 aliphatic carbocycles. The van der Waals surface area contributed by atoms with Crippen molar-refractivity contribution in [1.29, 1.82) is 0 Å². The molecule has 3 aromatic rings. The van der Waals surface area contributed by atoms with Crippen LogP contribution in [0, 0.1) is 0 Å². The van der Waals surface area contributed by atoms with E-state index in [0.717, 1.165) is 5.56 Å². The Balaban J connectivity index is 1.55. The molecule has 178 valence electrons. The number of rotatable bonds is 8. The van der Waals surface area contributed by atoms with E-state index in [-0.39, 0.29) is 24.0 Å². The zero-order valence-corrected chi connectivity index (χ0v) is 19.8. The van der Waals surface area contributed by atoms with Gasteiger partial charge in [-0.1, -0.05) is 54.6 Å². The molecule has 3 amide bonds. The second-order valence-electron chi connectivity index (χ2n) is 7.87. The predicted octanol–water partition coefficient (Wildman–Crippen LogP) is 3.37. The first-order valence-electron chi connectivity index (χ1n) is 10.9. The minimum atomic E-state index is -0.996. The number of nitrogens with one attached hydrogen (secondary N) is 2. The largest absolute Gasteiger partial charge is 0.497 e. The number of thiocarbonyl (C=S) groups is 1. The van der Waals surface area contributed by atoms with Crippen LogP contribution in [-0.4, -0.2) is 45.9 Å². The normalized spacial score (nSPS) is 15.2. The SMILES string of the molecule is COc1cccc(NC(=O)C[C@H]2C(=O)N(Cc3ccccc3)C(=S)N2NC(=O)c2ccccc2)c1. The minimum Gasteiger partial charge on any atom is -0.497 e. The van der Waals surface area contributed by atoms with Crippen LogP contribution in [0.5, 0.6) is 5.75 Å². The summed E-state index contributed by atoms with van der Waals surface area (Å²) in [6.07, 6.45) is -0.212. The highest BCUT2D eigenvalue weighted by Crippen LogP contribution is 2.23. The number of anilines is 1. The quantitative estimate of drug-likeness (QED) is 0.473. The summed E-state index contributed by atoms with van der Waals surface area (Å²) in [5.41, 5.74) is 4.53. The number of nitrogens with zero attached hydrogens (tertiary/aromatic N) is 2. The third-order valence-electron chi connectivity index (χ3n) is 5.47. The summed E-state index contributed by atoms with van der Waals surface area (Å²) in [7, 11) is 1.54. The summed E-state index contributed by atoms with van der Waals surface area (Å²) in [4.78, 5) is 40.5. The van der Waals surface area contributed by atoms with E-state index in [1.165, 1.54) is 17.0 Å². The predicted molar refractivity (Wildman–Crippen MR) is 135 cm³/mol. The van der Waals surface area contributed by atoms with Crippen molar-refractivity contribution in [2.24, 2.45) is 0 Å². The van der Waals surface area contributed by atoms with E-state index in [4.69, 9.17) is 17.0 Å². The van der Waals surface area contributed by atoms with Crippen LogP contribution in [0.2, 0.25) is 0 Å². The number of ether oxygens (including phenoxy) is 1. The number of hydrazine groups is 1. The van der Waals surface area contributed by atoms with E-state index in [9.17, 15) is 14.4 Å². The zero-order valence-electron chi connectivity index (χ0n) is 19.0. The highest BCUT2D eigenvalue weighted by atomic mass is 32.1. The molecule has 1 atom stereocenters. The third kappa shape index (κ3) is 5.64. The molecule has 9 heteroatoms. The van der Waals surface area contributed by atoms with Crippen LogP contribution in [0.1, 0.15) is 22.3 Å². The molecule has 0 aromatic heterocycles. The average Bonchev–Trinajstić information content (AvgIpc) is 3.09. The van der Waals surface area contributed by atoms with Crippen molar-refractivity contribution in [3.8, 4) is 5.75 Å². The maximum atomic E-state index is 13.4. The fourth-order valence-electron chi connectivity index (χ4n) is 3.72. The van der Waals surface area contributed by atoms with E-state index < -0.39 is 17.9 Å². The zero-order chi connectivity index (χ0) is 24.8. The van der Waals surface area contributed by atoms with Gasteiger partial charge in [0.25, 0.3) is 11.8 Å². The molecular formula is C26H24N4O4S. The lowest BCUT2D eigenvalue weighted by Crippen LogP contribution is -2.49. The molecule has 4 rings (SSSR count). The first-order valence-corrected chi connectivity index (χ1v) is 11.4. The van der Waals surface area contributed by atoms with Crippen LogP contribution in [0.3, 0.4) is 0 Å². The topological polar surface area (TPSA) is 91.0 Å². The summed E-state index contributed by atoms with van der Waals surface area (Å²) in [5, 5.41) is 4.21. The molecule has 0 radical (unpaired) electrons. The average molecular weight is 489 g/mol.